The quantitative estimate of drug-likeness (QED) is 0.847. The number of ether oxygens (including phenoxy) is 2. The molecule has 6 heteroatoms. The molecule has 3 aliphatic rings. The van der Waals surface area contributed by atoms with Crippen molar-refractivity contribution in [3.05, 3.63) is 30.3 Å². The first kappa shape index (κ1) is 16.5. The number of hydrogen-bond donors (Lipinski definition) is 1. The lowest BCUT2D eigenvalue weighted by atomic mass is 9.83. The van der Waals surface area contributed by atoms with Crippen LogP contribution in [0.4, 0.5) is 5.69 Å². The minimum atomic E-state index is -0.385. The fourth-order valence-corrected chi connectivity index (χ4v) is 4.00. The van der Waals surface area contributed by atoms with Crippen LogP contribution in [-0.4, -0.2) is 43.4 Å². The number of para-hydroxylation sites is 1. The van der Waals surface area contributed by atoms with E-state index in [1.807, 2.05) is 30.3 Å². The highest BCUT2D eigenvalue weighted by Gasteiger charge is 2.42. The number of hydrogen-bond acceptors (Lipinski definition) is 4. The summed E-state index contributed by atoms with van der Waals surface area (Å²) >= 11 is 0. The van der Waals surface area contributed by atoms with Crippen LogP contribution < -0.4 is 10.2 Å². The zero-order valence-electron chi connectivity index (χ0n) is 14.3. The maximum atomic E-state index is 12.3. The van der Waals surface area contributed by atoms with E-state index in [1.165, 1.54) is 0 Å². The van der Waals surface area contributed by atoms with Gasteiger partial charge in [0.1, 0.15) is 6.04 Å². The maximum Gasteiger partial charge on any atom is 0.251 e. The van der Waals surface area contributed by atoms with Gasteiger partial charge in [0.05, 0.1) is 19.8 Å². The first-order valence-electron chi connectivity index (χ1n) is 9.09. The number of benzene rings is 1. The third kappa shape index (κ3) is 3.41. The Kier molecular flexibility index (Phi) is 4.48. The molecule has 1 N–H and O–H groups in total. The van der Waals surface area contributed by atoms with Crippen molar-refractivity contribution >= 4 is 17.5 Å². The predicted molar refractivity (Wildman–Crippen MR) is 91.9 cm³/mol. The third-order valence-corrected chi connectivity index (χ3v) is 5.49. The van der Waals surface area contributed by atoms with Crippen LogP contribution in [-0.2, 0) is 19.1 Å². The molecule has 1 aliphatic carbocycles. The molecule has 0 unspecified atom stereocenters. The molecule has 0 bridgehead atoms. The zero-order valence-corrected chi connectivity index (χ0v) is 14.3. The van der Waals surface area contributed by atoms with Crippen LogP contribution in [0.2, 0.25) is 0 Å². The Morgan fingerprint density at radius 3 is 2.48 bits per heavy atom. The Balaban J connectivity index is 1.22. The molecule has 6 nitrogen and oxygen atoms in total. The molecule has 25 heavy (non-hydrogen) atoms. The molecular weight excluding hydrogens is 320 g/mol. The van der Waals surface area contributed by atoms with Gasteiger partial charge in [0.25, 0.3) is 5.91 Å². The van der Waals surface area contributed by atoms with Crippen LogP contribution >= 0.6 is 0 Å². The van der Waals surface area contributed by atoms with E-state index in [0.29, 0.717) is 32.1 Å². The summed E-state index contributed by atoms with van der Waals surface area (Å²) in [4.78, 5) is 26.2. The molecule has 2 amide bonds. The van der Waals surface area contributed by atoms with E-state index in [0.717, 1.165) is 31.4 Å². The van der Waals surface area contributed by atoms with Crippen molar-refractivity contribution in [3.8, 4) is 0 Å². The largest absolute Gasteiger partial charge is 0.348 e. The molecule has 4 rings (SSSR count). The van der Waals surface area contributed by atoms with Crippen molar-refractivity contribution in [3.63, 3.8) is 0 Å². The lowest BCUT2D eigenvalue weighted by Gasteiger charge is -2.39. The van der Waals surface area contributed by atoms with Gasteiger partial charge in [0.15, 0.2) is 5.79 Å². The molecule has 1 aromatic carbocycles. The van der Waals surface area contributed by atoms with Gasteiger partial charge in [-0.3, -0.25) is 9.59 Å². The molecule has 2 saturated heterocycles. The van der Waals surface area contributed by atoms with Crippen molar-refractivity contribution in [1.82, 2.24) is 5.32 Å². The summed E-state index contributed by atoms with van der Waals surface area (Å²) in [6.45, 7) is 1.89. The molecule has 0 aromatic heterocycles. The fraction of sp³-hybridized carbons (Fsp3) is 0.579. The summed E-state index contributed by atoms with van der Waals surface area (Å²) < 4.78 is 11.4. The average molecular weight is 344 g/mol. The lowest BCUT2D eigenvalue weighted by molar-refractivity contribution is -0.183. The van der Waals surface area contributed by atoms with Gasteiger partial charge in [0, 0.05) is 24.9 Å². The minimum Gasteiger partial charge on any atom is -0.348 e. The van der Waals surface area contributed by atoms with Gasteiger partial charge in [0.2, 0.25) is 5.91 Å². The lowest BCUT2D eigenvalue weighted by Crippen LogP contribution is -2.64. The molecule has 1 saturated carbocycles. The van der Waals surface area contributed by atoms with Gasteiger partial charge in [-0.15, -0.1) is 0 Å². The second-order valence-electron chi connectivity index (χ2n) is 7.16. The van der Waals surface area contributed by atoms with Gasteiger partial charge in [-0.25, -0.2) is 0 Å². The van der Waals surface area contributed by atoms with Gasteiger partial charge in [-0.05, 0) is 30.9 Å². The fourth-order valence-electron chi connectivity index (χ4n) is 4.00. The SMILES string of the molecule is O=C(CC1CCC2(CC1)OCCO2)N[C@H]1CN(c2ccccc2)C1=O. The Labute approximate surface area is 147 Å². The average Bonchev–Trinajstić information content (AvgIpc) is 3.09. The van der Waals surface area contributed by atoms with E-state index in [9.17, 15) is 9.59 Å². The molecule has 2 heterocycles. The van der Waals surface area contributed by atoms with Crippen LogP contribution in [0, 0.1) is 5.92 Å². The Bertz CT molecular complexity index is 632. The highest BCUT2D eigenvalue weighted by atomic mass is 16.7. The first-order valence-corrected chi connectivity index (χ1v) is 9.09. The summed E-state index contributed by atoms with van der Waals surface area (Å²) in [6.07, 6.45) is 4.06. The van der Waals surface area contributed by atoms with Gasteiger partial charge in [-0.1, -0.05) is 18.2 Å². The van der Waals surface area contributed by atoms with E-state index in [4.69, 9.17) is 9.47 Å². The van der Waals surface area contributed by atoms with E-state index in [-0.39, 0.29) is 23.6 Å². The smallest absolute Gasteiger partial charge is 0.251 e. The van der Waals surface area contributed by atoms with Crippen molar-refractivity contribution in [1.29, 1.82) is 0 Å². The van der Waals surface area contributed by atoms with Gasteiger partial charge < -0.3 is 19.7 Å². The molecule has 2 aliphatic heterocycles. The van der Waals surface area contributed by atoms with Crippen molar-refractivity contribution in [2.45, 2.75) is 43.9 Å². The summed E-state index contributed by atoms with van der Waals surface area (Å²) in [7, 11) is 0. The van der Waals surface area contributed by atoms with Crippen LogP contribution in [0.5, 0.6) is 0 Å². The van der Waals surface area contributed by atoms with E-state index in [1.54, 1.807) is 4.90 Å². The van der Waals surface area contributed by atoms with E-state index in [2.05, 4.69) is 5.32 Å². The second kappa shape index (κ2) is 6.77. The van der Waals surface area contributed by atoms with E-state index >= 15 is 0 Å². The topological polar surface area (TPSA) is 67.9 Å². The summed E-state index contributed by atoms with van der Waals surface area (Å²) in [5.41, 5.74) is 0.882. The van der Waals surface area contributed by atoms with Crippen LogP contribution in [0.25, 0.3) is 0 Å². The predicted octanol–water partition coefficient (Wildman–Crippen LogP) is 1.84. The monoisotopic (exact) mass is 344 g/mol. The van der Waals surface area contributed by atoms with Crippen LogP contribution in [0.3, 0.4) is 0 Å². The molecular formula is C19H24N2O4. The third-order valence-electron chi connectivity index (χ3n) is 5.49. The van der Waals surface area contributed by atoms with Gasteiger partial charge >= 0.3 is 0 Å². The number of β-lactam (4-membered cyclic amide) rings is 1. The standard InChI is InChI=1S/C19H24N2O4/c22-17(12-14-6-8-19(9-7-14)24-10-11-25-19)20-16-13-21(18(16)23)15-4-2-1-3-5-15/h1-5,14,16H,6-13H2,(H,20,22)/t16-/m0/s1. The Morgan fingerprint density at radius 2 is 1.84 bits per heavy atom. The minimum absolute atomic E-state index is 0.0275. The molecule has 134 valence electrons. The van der Waals surface area contributed by atoms with Crippen LogP contribution in [0.1, 0.15) is 32.1 Å². The molecule has 3 fully saturated rings. The second-order valence-corrected chi connectivity index (χ2v) is 7.16. The van der Waals surface area contributed by atoms with Crippen LogP contribution in [0.15, 0.2) is 30.3 Å². The molecule has 1 atom stereocenters. The Morgan fingerprint density at radius 1 is 1.16 bits per heavy atom. The zero-order chi connectivity index (χ0) is 17.3. The van der Waals surface area contributed by atoms with Crippen molar-refractivity contribution in [2.24, 2.45) is 5.92 Å². The maximum absolute atomic E-state index is 12.3. The number of nitrogens with zero attached hydrogens (tertiary/aromatic N) is 1. The molecule has 1 spiro atoms. The highest BCUT2D eigenvalue weighted by molar-refractivity contribution is 6.05. The number of anilines is 1. The number of nitrogens with one attached hydrogen (secondary N) is 1. The van der Waals surface area contributed by atoms with Crippen molar-refractivity contribution in [2.75, 3.05) is 24.7 Å². The number of amides is 2. The summed E-state index contributed by atoms with van der Waals surface area (Å²) in [6, 6.07) is 9.15. The number of carbonyl (C=O) groups is 2. The molecule has 1 aromatic rings. The summed E-state index contributed by atoms with van der Waals surface area (Å²) in [5.74, 6) is -0.0957. The first-order chi connectivity index (χ1) is 12.2. The Hall–Kier alpha value is -1.92. The van der Waals surface area contributed by atoms with E-state index < -0.39 is 0 Å². The van der Waals surface area contributed by atoms with Crippen molar-refractivity contribution < 1.29 is 19.1 Å². The summed E-state index contributed by atoms with van der Waals surface area (Å²) in [5, 5.41) is 2.88. The van der Waals surface area contributed by atoms with Gasteiger partial charge in [-0.2, -0.15) is 0 Å². The highest BCUT2D eigenvalue weighted by Crippen LogP contribution is 2.39. The normalized spacial score (nSPS) is 25.8. The number of rotatable bonds is 4. The molecule has 0 radical (unpaired) electrons. The number of carbonyl (C=O) groups excluding carboxylic acids is 2.